The van der Waals surface area contributed by atoms with Gasteiger partial charge in [-0.1, -0.05) is 0 Å². The van der Waals surface area contributed by atoms with Crippen molar-refractivity contribution in [3.05, 3.63) is 0 Å². The van der Waals surface area contributed by atoms with Crippen LogP contribution in [-0.2, 0) is 4.74 Å². The Morgan fingerprint density at radius 3 is 2.23 bits per heavy atom. The van der Waals surface area contributed by atoms with E-state index in [1.54, 1.807) is 4.90 Å². The molecule has 31 heavy (non-hydrogen) atoms. The summed E-state index contributed by atoms with van der Waals surface area (Å²) >= 11 is 0. The van der Waals surface area contributed by atoms with Gasteiger partial charge in [-0.3, -0.25) is 9.89 Å². The van der Waals surface area contributed by atoms with Crippen LogP contribution >= 0.6 is 24.0 Å². The quantitative estimate of drug-likeness (QED) is 0.300. The molecule has 0 aliphatic carbocycles. The minimum atomic E-state index is -0.440. The maximum Gasteiger partial charge on any atom is 0.410 e. The molecule has 2 saturated heterocycles. The van der Waals surface area contributed by atoms with Gasteiger partial charge in [0.05, 0.1) is 6.54 Å². The van der Waals surface area contributed by atoms with Gasteiger partial charge in [0.2, 0.25) is 0 Å². The van der Waals surface area contributed by atoms with Crippen molar-refractivity contribution < 1.29 is 9.53 Å². The van der Waals surface area contributed by atoms with E-state index < -0.39 is 5.60 Å². The van der Waals surface area contributed by atoms with Crippen molar-refractivity contribution in [2.24, 2.45) is 4.99 Å². The van der Waals surface area contributed by atoms with Gasteiger partial charge in [0.15, 0.2) is 5.96 Å². The van der Waals surface area contributed by atoms with Gasteiger partial charge >= 0.3 is 6.09 Å². The summed E-state index contributed by atoms with van der Waals surface area (Å²) in [5.74, 6) is 0.924. The molecule has 1 amide bonds. The van der Waals surface area contributed by atoms with Crippen LogP contribution in [0.4, 0.5) is 4.79 Å². The molecule has 0 spiro atoms. The normalized spacial score (nSPS) is 19.8. The lowest BCUT2D eigenvalue weighted by Gasteiger charge is -2.36. The molecule has 0 aromatic heterocycles. The van der Waals surface area contributed by atoms with Gasteiger partial charge in [0.1, 0.15) is 5.60 Å². The van der Waals surface area contributed by atoms with E-state index in [2.05, 4.69) is 41.2 Å². The van der Waals surface area contributed by atoms with Crippen molar-refractivity contribution in [2.75, 3.05) is 58.9 Å². The molecule has 0 unspecified atom stereocenters. The predicted molar refractivity (Wildman–Crippen MR) is 139 cm³/mol. The zero-order chi connectivity index (χ0) is 22.1. The van der Waals surface area contributed by atoms with Gasteiger partial charge < -0.3 is 25.2 Å². The van der Waals surface area contributed by atoms with E-state index >= 15 is 0 Å². The lowest BCUT2D eigenvalue weighted by Crippen LogP contribution is -2.51. The van der Waals surface area contributed by atoms with Crippen LogP contribution in [-0.4, -0.2) is 103 Å². The Balaban J connectivity index is 0.00000480. The number of halogens is 1. The lowest BCUT2D eigenvalue weighted by atomic mass is 10.0. The Labute approximate surface area is 206 Å². The van der Waals surface area contributed by atoms with Crippen molar-refractivity contribution >= 4 is 36.0 Å². The second-order valence-corrected chi connectivity index (χ2v) is 9.62. The lowest BCUT2D eigenvalue weighted by molar-refractivity contribution is 0.0148. The smallest absolute Gasteiger partial charge is 0.410 e. The van der Waals surface area contributed by atoms with Crippen LogP contribution in [0.1, 0.15) is 54.4 Å². The van der Waals surface area contributed by atoms with Gasteiger partial charge in [0, 0.05) is 64.4 Å². The molecule has 0 aromatic carbocycles. The Hall–Kier alpha value is -0.810. The average Bonchev–Trinajstić information content (AvgIpc) is 2.67. The fourth-order valence-corrected chi connectivity index (χ4v) is 3.86. The highest BCUT2D eigenvalue weighted by Gasteiger charge is 2.26. The fraction of sp³-hybridized carbons (Fsp3) is 0.909. The number of hydrogen-bond donors (Lipinski definition) is 2. The summed E-state index contributed by atoms with van der Waals surface area (Å²) in [5, 5.41) is 7.00. The molecule has 9 heteroatoms. The Bertz CT molecular complexity index is 551. The van der Waals surface area contributed by atoms with Crippen LogP contribution in [0.25, 0.3) is 0 Å². The van der Waals surface area contributed by atoms with Gasteiger partial charge in [-0.25, -0.2) is 4.79 Å². The van der Waals surface area contributed by atoms with Crippen LogP contribution in [0, 0.1) is 0 Å². The van der Waals surface area contributed by atoms with E-state index in [1.807, 2.05) is 20.8 Å². The van der Waals surface area contributed by atoms with Gasteiger partial charge in [-0.05, 0) is 54.4 Å². The monoisotopic (exact) mass is 552 g/mol. The van der Waals surface area contributed by atoms with E-state index in [-0.39, 0.29) is 30.1 Å². The van der Waals surface area contributed by atoms with Crippen LogP contribution in [0.15, 0.2) is 4.99 Å². The van der Waals surface area contributed by atoms with E-state index in [0.29, 0.717) is 25.2 Å². The number of ether oxygens (including phenoxy) is 1. The first-order valence-corrected chi connectivity index (χ1v) is 11.7. The highest BCUT2D eigenvalue weighted by molar-refractivity contribution is 14.0. The fourth-order valence-electron chi connectivity index (χ4n) is 3.86. The zero-order valence-electron chi connectivity index (χ0n) is 20.4. The van der Waals surface area contributed by atoms with Crippen LogP contribution in [0.5, 0.6) is 0 Å². The number of amides is 1. The summed E-state index contributed by atoms with van der Waals surface area (Å²) in [6.07, 6.45) is 2.12. The third kappa shape index (κ3) is 10.6. The Morgan fingerprint density at radius 2 is 1.71 bits per heavy atom. The van der Waals surface area contributed by atoms with Crippen molar-refractivity contribution in [1.82, 2.24) is 25.3 Å². The molecule has 2 N–H and O–H groups in total. The van der Waals surface area contributed by atoms with E-state index in [4.69, 9.17) is 9.73 Å². The van der Waals surface area contributed by atoms with Crippen molar-refractivity contribution in [3.63, 3.8) is 0 Å². The summed E-state index contributed by atoms with van der Waals surface area (Å²) in [6, 6.07) is 1.12. The first-order chi connectivity index (χ1) is 14.2. The third-order valence-electron chi connectivity index (χ3n) is 5.66. The summed E-state index contributed by atoms with van der Waals surface area (Å²) < 4.78 is 5.47. The summed E-state index contributed by atoms with van der Waals surface area (Å²) in [7, 11) is 0. The maximum absolute atomic E-state index is 12.2. The number of carbonyl (C=O) groups is 1. The zero-order valence-corrected chi connectivity index (χ0v) is 22.8. The first kappa shape index (κ1) is 28.2. The maximum atomic E-state index is 12.2. The Kier molecular flexibility index (Phi) is 12.4. The molecule has 2 fully saturated rings. The molecular formula is C22H45IN6O2. The number of carbonyl (C=O) groups excluding carboxylic acids is 1. The summed E-state index contributed by atoms with van der Waals surface area (Å²) in [4.78, 5) is 23.7. The number of nitrogens with one attached hydrogen (secondary N) is 2. The highest BCUT2D eigenvalue weighted by atomic mass is 127. The van der Waals surface area contributed by atoms with Gasteiger partial charge in [0.25, 0.3) is 0 Å². The molecule has 2 rings (SSSR count). The van der Waals surface area contributed by atoms with Gasteiger partial charge in [-0.2, -0.15) is 0 Å². The number of guanidine groups is 1. The topological polar surface area (TPSA) is 72.4 Å². The van der Waals surface area contributed by atoms with Crippen molar-refractivity contribution in [1.29, 1.82) is 0 Å². The van der Waals surface area contributed by atoms with Gasteiger partial charge in [-0.15, -0.1) is 24.0 Å². The molecule has 0 atom stereocenters. The molecule has 2 aliphatic heterocycles. The van der Waals surface area contributed by atoms with E-state index in [9.17, 15) is 4.79 Å². The summed E-state index contributed by atoms with van der Waals surface area (Å²) in [5.41, 5.74) is -0.440. The average molecular weight is 553 g/mol. The molecule has 0 aromatic rings. The molecule has 0 radical (unpaired) electrons. The second kappa shape index (κ2) is 13.7. The minimum absolute atomic E-state index is 0. The SMILES string of the molecule is CCNC(=NCCN1CCN(C(=O)OC(C)(C)C)CC1)NC1CCN(C(C)C)CC1.I. The second-order valence-electron chi connectivity index (χ2n) is 9.62. The molecule has 182 valence electrons. The number of rotatable bonds is 6. The third-order valence-corrected chi connectivity index (χ3v) is 5.66. The van der Waals surface area contributed by atoms with Crippen molar-refractivity contribution in [2.45, 2.75) is 72.1 Å². The molecule has 2 heterocycles. The van der Waals surface area contributed by atoms with Crippen LogP contribution in [0.3, 0.4) is 0 Å². The van der Waals surface area contributed by atoms with Crippen LogP contribution < -0.4 is 10.6 Å². The highest BCUT2D eigenvalue weighted by Crippen LogP contribution is 2.13. The molecule has 0 bridgehead atoms. The van der Waals surface area contributed by atoms with Crippen molar-refractivity contribution in [3.8, 4) is 0 Å². The number of piperidine rings is 1. The first-order valence-electron chi connectivity index (χ1n) is 11.7. The predicted octanol–water partition coefficient (Wildman–Crippen LogP) is 2.59. The molecule has 0 saturated carbocycles. The minimum Gasteiger partial charge on any atom is -0.444 e. The Morgan fingerprint density at radius 1 is 1.10 bits per heavy atom. The number of likely N-dealkylation sites (tertiary alicyclic amines) is 1. The molecular weight excluding hydrogens is 507 g/mol. The standard InChI is InChI=1S/C22H44N6O2.HI/c1-7-23-20(25-19-8-11-27(12-9-19)18(2)3)24-10-13-26-14-16-28(17-15-26)21(29)30-22(4,5)6;/h18-19H,7-17H2,1-6H3,(H2,23,24,25);1H. The summed E-state index contributed by atoms with van der Waals surface area (Å²) in [6.45, 7) is 20.4. The number of piperazine rings is 1. The number of aliphatic imine (C=N–C) groups is 1. The van der Waals surface area contributed by atoms with E-state index in [0.717, 1.165) is 64.6 Å². The number of hydrogen-bond acceptors (Lipinski definition) is 5. The molecule has 8 nitrogen and oxygen atoms in total. The molecule has 2 aliphatic rings. The largest absolute Gasteiger partial charge is 0.444 e. The van der Waals surface area contributed by atoms with Crippen LogP contribution in [0.2, 0.25) is 0 Å². The van der Waals surface area contributed by atoms with E-state index in [1.165, 1.54) is 0 Å². The number of nitrogens with zero attached hydrogens (tertiary/aromatic N) is 4.